The van der Waals surface area contributed by atoms with Gasteiger partial charge in [0, 0.05) is 36.9 Å². The summed E-state index contributed by atoms with van der Waals surface area (Å²) < 4.78 is 18.2. The van der Waals surface area contributed by atoms with Gasteiger partial charge in [0.05, 0.1) is 6.10 Å². The number of carboxylic acids is 1. The Kier molecular flexibility index (Phi) is 5.70. The lowest BCUT2D eigenvalue weighted by molar-refractivity contribution is -0.141. The quantitative estimate of drug-likeness (QED) is 0.823. The molecule has 0 aliphatic carbocycles. The second kappa shape index (κ2) is 8.18. The summed E-state index contributed by atoms with van der Waals surface area (Å²) in [5.41, 5.74) is 0.890. The summed E-state index contributed by atoms with van der Waals surface area (Å²) in [6.45, 7) is 0.179. The molecule has 2 N–H and O–H groups in total. The van der Waals surface area contributed by atoms with Crippen LogP contribution in [0.25, 0.3) is 0 Å². The number of carbonyl (C=O) groups is 3. The zero-order valence-corrected chi connectivity index (χ0v) is 15.1. The van der Waals surface area contributed by atoms with Gasteiger partial charge in [0.1, 0.15) is 11.9 Å². The molecule has 0 bridgehead atoms. The van der Waals surface area contributed by atoms with Gasteiger partial charge in [-0.15, -0.1) is 0 Å². The van der Waals surface area contributed by atoms with Crippen LogP contribution in [0.3, 0.4) is 0 Å². The molecule has 7 nitrogen and oxygen atoms in total. The molecule has 2 unspecified atom stereocenters. The van der Waals surface area contributed by atoms with E-state index < -0.39 is 29.6 Å². The summed E-state index contributed by atoms with van der Waals surface area (Å²) in [5, 5.41) is 12.0. The van der Waals surface area contributed by atoms with Crippen LogP contribution < -0.4 is 5.32 Å². The number of nitrogens with one attached hydrogen (secondary N) is 1. The minimum absolute atomic E-state index is 0.179. The van der Waals surface area contributed by atoms with Crippen molar-refractivity contribution in [3.63, 3.8) is 0 Å². The number of anilines is 1. The fourth-order valence-corrected chi connectivity index (χ4v) is 3.13. The number of halogens is 1. The molecule has 28 heavy (non-hydrogen) atoms. The summed E-state index contributed by atoms with van der Waals surface area (Å²) in [5.74, 6) is -2.44. The Hall–Kier alpha value is -3.26. The molecule has 1 fully saturated rings. The topological polar surface area (TPSA) is 95.9 Å². The van der Waals surface area contributed by atoms with Gasteiger partial charge in [-0.2, -0.15) is 0 Å². The Morgan fingerprint density at radius 1 is 1.14 bits per heavy atom. The van der Waals surface area contributed by atoms with E-state index in [0.29, 0.717) is 5.69 Å². The molecule has 1 aliphatic rings. The fourth-order valence-electron chi connectivity index (χ4n) is 3.13. The van der Waals surface area contributed by atoms with Gasteiger partial charge in [-0.25, -0.2) is 9.18 Å². The van der Waals surface area contributed by atoms with Crippen molar-refractivity contribution in [3.8, 4) is 0 Å². The van der Waals surface area contributed by atoms with Crippen molar-refractivity contribution in [3.05, 3.63) is 65.5 Å². The monoisotopic (exact) mass is 386 g/mol. The Balaban J connectivity index is 1.77. The highest BCUT2D eigenvalue weighted by molar-refractivity contribution is 6.05. The number of carbonyl (C=O) groups excluding carboxylic acids is 2. The molecule has 3 rings (SSSR count). The van der Waals surface area contributed by atoms with Crippen LogP contribution in [0.4, 0.5) is 10.1 Å². The first-order chi connectivity index (χ1) is 13.4. The van der Waals surface area contributed by atoms with E-state index in [9.17, 15) is 23.9 Å². The number of amides is 2. The number of nitrogens with zero attached hydrogens (tertiary/aromatic N) is 1. The molecule has 2 aromatic carbocycles. The lowest BCUT2D eigenvalue weighted by atomic mass is 10.1. The van der Waals surface area contributed by atoms with Crippen LogP contribution in [-0.2, 0) is 9.53 Å². The molecule has 1 aliphatic heterocycles. The third-order valence-electron chi connectivity index (χ3n) is 4.62. The number of hydrogen-bond donors (Lipinski definition) is 2. The number of benzene rings is 2. The van der Waals surface area contributed by atoms with E-state index in [1.165, 1.54) is 42.3 Å². The first-order valence-corrected chi connectivity index (χ1v) is 8.62. The van der Waals surface area contributed by atoms with Crippen LogP contribution in [0.2, 0.25) is 0 Å². The smallest absolute Gasteiger partial charge is 0.326 e. The van der Waals surface area contributed by atoms with Crippen molar-refractivity contribution in [1.29, 1.82) is 0 Å². The molecular formula is C20H19FN2O5. The lowest BCUT2D eigenvalue weighted by Crippen LogP contribution is -2.40. The number of ether oxygens (including phenoxy) is 1. The summed E-state index contributed by atoms with van der Waals surface area (Å²) >= 11 is 0. The SMILES string of the molecule is COC1CC(C(=O)O)N(C(=O)c2cccc(NC(=O)c3ccc(F)cc3)c2)C1. The third kappa shape index (κ3) is 4.17. The van der Waals surface area contributed by atoms with Gasteiger partial charge in [0.15, 0.2) is 0 Å². The van der Waals surface area contributed by atoms with Crippen LogP contribution in [0.1, 0.15) is 27.1 Å². The maximum atomic E-state index is 13.0. The largest absolute Gasteiger partial charge is 0.480 e. The van der Waals surface area contributed by atoms with Crippen LogP contribution in [0.5, 0.6) is 0 Å². The minimum Gasteiger partial charge on any atom is -0.480 e. The molecule has 2 amide bonds. The number of aliphatic carboxylic acids is 1. The van der Waals surface area contributed by atoms with Gasteiger partial charge in [0.25, 0.3) is 11.8 Å². The van der Waals surface area contributed by atoms with Gasteiger partial charge in [-0.3, -0.25) is 9.59 Å². The van der Waals surface area contributed by atoms with E-state index in [2.05, 4.69) is 5.32 Å². The van der Waals surface area contributed by atoms with Gasteiger partial charge >= 0.3 is 5.97 Å². The first kappa shape index (κ1) is 19.5. The third-order valence-corrected chi connectivity index (χ3v) is 4.62. The van der Waals surface area contributed by atoms with E-state index >= 15 is 0 Å². The Bertz CT molecular complexity index is 900. The standard InChI is InChI=1S/C20H19FN2O5/c1-28-16-10-17(20(26)27)23(11-16)19(25)13-3-2-4-15(9-13)22-18(24)12-5-7-14(21)8-6-12/h2-9,16-17H,10-11H2,1H3,(H,22,24)(H,26,27). The van der Waals surface area contributed by atoms with Crippen molar-refractivity contribution in [2.24, 2.45) is 0 Å². The molecule has 0 radical (unpaired) electrons. The molecule has 146 valence electrons. The summed E-state index contributed by atoms with van der Waals surface area (Å²) in [4.78, 5) is 37.8. The summed E-state index contributed by atoms with van der Waals surface area (Å²) in [6, 6.07) is 10.3. The molecule has 2 aromatic rings. The van der Waals surface area contributed by atoms with Crippen LogP contribution in [0, 0.1) is 5.82 Å². The normalized spacial score (nSPS) is 18.7. The second-order valence-electron chi connectivity index (χ2n) is 6.45. The lowest BCUT2D eigenvalue weighted by Gasteiger charge is -2.21. The molecule has 0 saturated carbocycles. The molecule has 1 saturated heterocycles. The molecule has 0 aromatic heterocycles. The average molecular weight is 386 g/mol. The summed E-state index contributed by atoms with van der Waals surface area (Å²) in [7, 11) is 1.48. The molecule has 8 heteroatoms. The van der Waals surface area contributed by atoms with Crippen LogP contribution in [-0.4, -0.2) is 53.6 Å². The van der Waals surface area contributed by atoms with Gasteiger partial charge in [-0.05, 0) is 42.5 Å². The fraction of sp³-hybridized carbons (Fsp3) is 0.250. The Labute approximate surface area is 160 Å². The predicted molar refractivity (Wildman–Crippen MR) is 98.7 cm³/mol. The zero-order valence-electron chi connectivity index (χ0n) is 15.1. The Morgan fingerprint density at radius 2 is 1.86 bits per heavy atom. The molecule has 1 heterocycles. The van der Waals surface area contributed by atoms with Crippen LogP contribution in [0.15, 0.2) is 48.5 Å². The highest BCUT2D eigenvalue weighted by Gasteiger charge is 2.40. The number of hydrogen-bond acceptors (Lipinski definition) is 4. The zero-order chi connectivity index (χ0) is 20.3. The predicted octanol–water partition coefficient (Wildman–Crippen LogP) is 2.39. The van der Waals surface area contributed by atoms with Crippen molar-refractivity contribution >= 4 is 23.5 Å². The van der Waals surface area contributed by atoms with E-state index in [1.807, 2.05) is 0 Å². The molecular weight excluding hydrogens is 367 g/mol. The number of methoxy groups -OCH3 is 1. The van der Waals surface area contributed by atoms with Crippen LogP contribution >= 0.6 is 0 Å². The van der Waals surface area contributed by atoms with Crippen molar-refractivity contribution in [2.75, 3.05) is 19.0 Å². The molecule has 2 atom stereocenters. The van der Waals surface area contributed by atoms with Gasteiger partial charge < -0.3 is 20.1 Å². The van der Waals surface area contributed by atoms with Gasteiger partial charge in [0.2, 0.25) is 0 Å². The summed E-state index contributed by atoms with van der Waals surface area (Å²) in [6.07, 6.45) is -0.120. The Morgan fingerprint density at radius 3 is 2.50 bits per heavy atom. The number of carboxylic acid groups (broad SMARTS) is 1. The maximum Gasteiger partial charge on any atom is 0.326 e. The van der Waals surface area contributed by atoms with E-state index in [1.54, 1.807) is 18.2 Å². The van der Waals surface area contributed by atoms with Gasteiger partial charge in [-0.1, -0.05) is 6.07 Å². The minimum atomic E-state index is -1.09. The van der Waals surface area contributed by atoms with Crippen molar-refractivity contribution < 1.29 is 28.6 Å². The highest BCUT2D eigenvalue weighted by Crippen LogP contribution is 2.24. The van der Waals surface area contributed by atoms with E-state index in [4.69, 9.17) is 4.74 Å². The van der Waals surface area contributed by atoms with E-state index in [-0.39, 0.29) is 30.2 Å². The highest BCUT2D eigenvalue weighted by atomic mass is 19.1. The maximum absolute atomic E-state index is 13.0. The molecule has 0 spiro atoms. The average Bonchev–Trinajstić information content (AvgIpc) is 3.13. The first-order valence-electron chi connectivity index (χ1n) is 8.62. The number of rotatable bonds is 5. The van der Waals surface area contributed by atoms with Crippen molar-refractivity contribution in [1.82, 2.24) is 4.90 Å². The van der Waals surface area contributed by atoms with Crippen molar-refractivity contribution in [2.45, 2.75) is 18.6 Å². The number of likely N-dealkylation sites (tertiary alicyclic amines) is 1. The van der Waals surface area contributed by atoms with E-state index in [0.717, 1.165) is 0 Å². The second-order valence-corrected chi connectivity index (χ2v) is 6.45.